The molecule has 2 aliphatic carbocycles. The Morgan fingerprint density at radius 3 is 1.88 bits per heavy atom. The number of rotatable bonds is 3. The van der Waals surface area contributed by atoms with Crippen LogP contribution in [0.2, 0.25) is 0 Å². The third-order valence-electron chi connectivity index (χ3n) is 4.61. The van der Waals surface area contributed by atoms with Gasteiger partial charge in [-0.25, -0.2) is 0 Å². The molecule has 0 amide bonds. The number of ether oxygens (including phenoxy) is 1. The Balaban J connectivity index is 1.66. The van der Waals surface area contributed by atoms with Gasteiger partial charge in [0.2, 0.25) is 0 Å². The quantitative estimate of drug-likeness (QED) is 0.801. The zero-order chi connectivity index (χ0) is 11.4. The molecule has 0 aromatic carbocycles. The first kappa shape index (κ1) is 12.4. The Morgan fingerprint density at radius 1 is 0.875 bits per heavy atom. The molecule has 2 fully saturated rings. The number of aliphatic hydroxyl groups is 1. The van der Waals surface area contributed by atoms with E-state index in [1.54, 1.807) is 0 Å². The molecule has 0 saturated heterocycles. The number of hydrogen-bond donors (Lipinski definition) is 1. The van der Waals surface area contributed by atoms with Gasteiger partial charge in [0.05, 0.1) is 12.2 Å². The van der Waals surface area contributed by atoms with Gasteiger partial charge in [-0.1, -0.05) is 0 Å². The third-order valence-corrected chi connectivity index (χ3v) is 4.61. The Hall–Kier alpha value is -0.0800. The van der Waals surface area contributed by atoms with E-state index >= 15 is 0 Å². The average molecular weight is 226 g/mol. The van der Waals surface area contributed by atoms with Crippen LogP contribution in [0.5, 0.6) is 0 Å². The van der Waals surface area contributed by atoms with E-state index in [0.29, 0.717) is 6.10 Å². The molecule has 0 aromatic rings. The zero-order valence-corrected chi connectivity index (χ0v) is 10.5. The van der Waals surface area contributed by atoms with Gasteiger partial charge in [-0.3, -0.25) is 0 Å². The van der Waals surface area contributed by atoms with Gasteiger partial charge >= 0.3 is 0 Å². The highest BCUT2D eigenvalue weighted by molar-refractivity contribution is 4.78. The predicted octanol–water partition coefficient (Wildman–Crippen LogP) is 3.13. The van der Waals surface area contributed by atoms with E-state index in [4.69, 9.17) is 4.74 Å². The van der Waals surface area contributed by atoms with E-state index in [2.05, 4.69) is 0 Å². The van der Waals surface area contributed by atoms with Crippen LogP contribution in [0, 0.1) is 11.8 Å². The molecular weight excluding hydrogens is 200 g/mol. The van der Waals surface area contributed by atoms with Crippen molar-refractivity contribution in [2.24, 2.45) is 11.8 Å². The number of aliphatic hydroxyl groups excluding tert-OH is 1. The lowest BCUT2D eigenvalue weighted by Gasteiger charge is -2.32. The summed E-state index contributed by atoms with van der Waals surface area (Å²) in [6.45, 7) is 0. The summed E-state index contributed by atoms with van der Waals surface area (Å²) in [6.07, 6.45) is 11.8. The summed E-state index contributed by atoms with van der Waals surface area (Å²) in [5.74, 6) is 1.83. The first-order valence-electron chi connectivity index (χ1n) is 6.98. The third kappa shape index (κ3) is 3.46. The summed E-state index contributed by atoms with van der Waals surface area (Å²) >= 11 is 0. The van der Waals surface area contributed by atoms with Gasteiger partial charge in [-0.2, -0.15) is 0 Å². The summed E-state index contributed by atoms with van der Waals surface area (Å²) in [6, 6.07) is 0. The molecule has 2 heteroatoms. The highest BCUT2D eigenvalue weighted by atomic mass is 16.5. The van der Waals surface area contributed by atoms with Gasteiger partial charge < -0.3 is 9.84 Å². The molecule has 2 aliphatic rings. The fraction of sp³-hybridized carbons (Fsp3) is 1.00. The maximum absolute atomic E-state index is 9.48. The summed E-state index contributed by atoms with van der Waals surface area (Å²) in [5.41, 5.74) is 0. The predicted molar refractivity (Wildman–Crippen MR) is 65.3 cm³/mol. The van der Waals surface area contributed by atoms with Gasteiger partial charge in [-0.15, -0.1) is 0 Å². The minimum absolute atomic E-state index is 0.000442. The lowest BCUT2D eigenvalue weighted by atomic mass is 9.76. The van der Waals surface area contributed by atoms with Crippen LogP contribution in [-0.2, 0) is 4.74 Å². The summed E-state index contributed by atoms with van der Waals surface area (Å²) in [7, 11) is 1.84. The normalized spacial score (nSPS) is 40.9. The van der Waals surface area contributed by atoms with Crippen molar-refractivity contribution in [2.45, 2.75) is 70.0 Å². The highest BCUT2D eigenvalue weighted by Crippen LogP contribution is 2.35. The van der Waals surface area contributed by atoms with Crippen molar-refractivity contribution in [3.63, 3.8) is 0 Å². The SMILES string of the molecule is COC1CCC(CC2CCC(O)CC2)CC1. The van der Waals surface area contributed by atoms with Gasteiger partial charge in [0.25, 0.3) is 0 Å². The molecular formula is C14H26O2. The molecule has 0 spiro atoms. The molecule has 2 saturated carbocycles. The standard InChI is InChI=1S/C14H26O2/c1-16-14-8-4-12(5-9-14)10-11-2-6-13(15)7-3-11/h11-15H,2-10H2,1H3. The molecule has 0 aliphatic heterocycles. The van der Waals surface area contributed by atoms with Gasteiger partial charge in [-0.05, 0) is 69.6 Å². The molecule has 0 heterocycles. The van der Waals surface area contributed by atoms with E-state index in [1.807, 2.05) is 7.11 Å². The molecule has 0 unspecified atom stereocenters. The largest absolute Gasteiger partial charge is 0.393 e. The lowest BCUT2D eigenvalue weighted by molar-refractivity contribution is 0.0476. The van der Waals surface area contributed by atoms with Crippen LogP contribution in [0.25, 0.3) is 0 Å². The Bertz CT molecular complexity index is 189. The second-order valence-corrected chi connectivity index (χ2v) is 5.79. The van der Waals surface area contributed by atoms with Crippen LogP contribution in [-0.4, -0.2) is 24.4 Å². The Morgan fingerprint density at radius 2 is 1.38 bits per heavy atom. The average Bonchev–Trinajstić information content (AvgIpc) is 2.33. The molecule has 0 bridgehead atoms. The van der Waals surface area contributed by atoms with Crippen molar-refractivity contribution in [3.05, 3.63) is 0 Å². The van der Waals surface area contributed by atoms with E-state index in [1.165, 1.54) is 44.9 Å². The molecule has 0 atom stereocenters. The Labute approximate surface area is 99.4 Å². The molecule has 0 radical (unpaired) electrons. The van der Waals surface area contributed by atoms with E-state index < -0.39 is 0 Å². The van der Waals surface area contributed by atoms with Crippen LogP contribution in [0.15, 0.2) is 0 Å². The fourth-order valence-corrected chi connectivity index (χ4v) is 3.46. The van der Waals surface area contributed by atoms with Crippen molar-refractivity contribution < 1.29 is 9.84 Å². The maximum atomic E-state index is 9.48. The van der Waals surface area contributed by atoms with Crippen LogP contribution < -0.4 is 0 Å². The molecule has 0 aromatic heterocycles. The first-order valence-corrected chi connectivity index (χ1v) is 6.98. The maximum Gasteiger partial charge on any atom is 0.0571 e. The number of hydrogen-bond acceptors (Lipinski definition) is 2. The van der Waals surface area contributed by atoms with Crippen LogP contribution in [0.3, 0.4) is 0 Å². The second kappa shape index (κ2) is 6.02. The minimum Gasteiger partial charge on any atom is -0.393 e. The zero-order valence-electron chi connectivity index (χ0n) is 10.5. The van der Waals surface area contributed by atoms with Crippen LogP contribution in [0.1, 0.15) is 57.8 Å². The summed E-state index contributed by atoms with van der Waals surface area (Å²) in [5, 5.41) is 9.48. The smallest absolute Gasteiger partial charge is 0.0571 e. The van der Waals surface area contributed by atoms with E-state index in [9.17, 15) is 5.11 Å². The highest BCUT2D eigenvalue weighted by Gasteiger charge is 2.26. The summed E-state index contributed by atoms with van der Waals surface area (Å²) in [4.78, 5) is 0. The van der Waals surface area contributed by atoms with Crippen molar-refractivity contribution >= 4 is 0 Å². The molecule has 16 heavy (non-hydrogen) atoms. The topological polar surface area (TPSA) is 29.5 Å². The van der Waals surface area contributed by atoms with Crippen LogP contribution >= 0.6 is 0 Å². The second-order valence-electron chi connectivity index (χ2n) is 5.79. The fourth-order valence-electron chi connectivity index (χ4n) is 3.46. The molecule has 1 N–H and O–H groups in total. The molecule has 2 rings (SSSR count). The van der Waals surface area contributed by atoms with Crippen LogP contribution in [0.4, 0.5) is 0 Å². The van der Waals surface area contributed by atoms with Crippen molar-refractivity contribution in [1.82, 2.24) is 0 Å². The number of methoxy groups -OCH3 is 1. The van der Waals surface area contributed by atoms with E-state index in [0.717, 1.165) is 24.7 Å². The monoisotopic (exact) mass is 226 g/mol. The van der Waals surface area contributed by atoms with E-state index in [-0.39, 0.29) is 6.10 Å². The van der Waals surface area contributed by atoms with Crippen molar-refractivity contribution in [1.29, 1.82) is 0 Å². The van der Waals surface area contributed by atoms with Gasteiger partial charge in [0.15, 0.2) is 0 Å². The summed E-state index contributed by atoms with van der Waals surface area (Å²) < 4.78 is 5.41. The Kier molecular flexibility index (Phi) is 4.66. The minimum atomic E-state index is 0.000442. The lowest BCUT2D eigenvalue weighted by Crippen LogP contribution is -2.24. The molecule has 94 valence electrons. The van der Waals surface area contributed by atoms with Crippen molar-refractivity contribution in [2.75, 3.05) is 7.11 Å². The van der Waals surface area contributed by atoms with Crippen molar-refractivity contribution in [3.8, 4) is 0 Å². The molecule has 2 nitrogen and oxygen atoms in total. The first-order chi connectivity index (χ1) is 7.78. The van der Waals surface area contributed by atoms with Gasteiger partial charge in [0.1, 0.15) is 0 Å². The van der Waals surface area contributed by atoms with Gasteiger partial charge in [0, 0.05) is 7.11 Å².